The minimum Gasteiger partial charge on any atom is -0.502 e. The van der Waals surface area contributed by atoms with Gasteiger partial charge >= 0.3 is 5.82 Å². The Kier molecular flexibility index (Phi) is 2.86. The van der Waals surface area contributed by atoms with Gasteiger partial charge in [-0.15, -0.1) is 0 Å². The van der Waals surface area contributed by atoms with E-state index in [1.165, 1.54) is 0 Å². The lowest BCUT2D eigenvalue weighted by molar-refractivity contribution is -0.599. The molecule has 4 heteroatoms. The Morgan fingerprint density at radius 1 is 0.955 bits per heavy atom. The fourth-order valence-corrected chi connectivity index (χ4v) is 2.52. The highest BCUT2D eigenvalue weighted by Gasteiger charge is 2.15. The molecule has 0 fully saturated rings. The lowest BCUT2D eigenvalue weighted by Gasteiger charge is -2.00. The van der Waals surface area contributed by atoms with Crippen LogP contribution in [-0.4, -0.2) is 14.7 Å². The second-order valence-corrected chi connectivity index (χ2v) is 5.09. The minimum atomic E-state index is 0.162. The molecule has 2 aromatic heterocycles. The molecule has 0 amide bonds. The van der Waals surface area contributed by atoms with Gasteiger partial charge in [0.2, 0.25) is 0 Å². The molecule has 0 saturated heterocycles. The summed E-state index contributed by atoms with van der Waals surface area (Å²) in [4.78, 5) is 4.55. The number of para-hydroxylation sites is 2. The van der Waals surface area contributed by atoms with Gasteiger partial charge in [-0.1, -0.05) is 41.4 Å². The van der Waals surface area contributed by atoms with E-state index in [0.29, 0.717) is 5.82 Å². The predicted molar refractivity (Wildman–Crippen MR) is 84.3 cm³/mol. The third-order valence-electron chi connectivity index (χ3n) is 3.62. The van der Waals surface area contributed by atoms with Crippen molar-refractivity contribution in [3.8, 4) is 17.3 Å². The molecule has 0 aliphatic heterocycles. The molecular weight excluding hydrogens is 274 g/mol. The molecule has 0 bridgehead atoms. The van der Waals surface area contributed by atoms with Crippen molar-refractivity contribution < 1.29 is 9.67 Å². The second kappa shape index (κ2) is 5.00. The average molecular weight is 288 g/mol. The van der Waals surface area contributed by atoms with E-state index in [4.69, 9.17) is 0 Å². The van der Waals surface area contributed by atoms with Crippen molar-refractivity contribution in [2.75, 3.05) is 0 Å². The van der Waals surface area contributed by atoms with Crippen molar-refractivity contribution in [2.45, 2.75) is 0 Å². The Bertz CT molecular complexity index is 945. The van der Waals surface area contributed by atoms with Gasteiger partial charge < -0.3 is 5.11 Å². The molecule has 0 spiro atoms. The van der Waals surface area contributed by atoms with Gasteiger partial charge in [0, 0.05) is 5.39 Å². The SMILES string of the molecule is Oc1cc2ccccc2nc1-[n+]1ccn(-c2ccccc2)c1. The van der Waals surface area contributed by atoms with E-state index >= 15 is 0 Å². The van der Waals surface area contributed by atoms with Crippen molar-refractivity contribution in [3.05, 3.63) is 79.4 Å². The van der Waals surface area contributed by atoms with Crippen molar-refractivity contribution in [3.63, 3.8) is 0 Å². The van der Waals surface area contributed by atoms with Crippen LogP contribution in [0.1, 0.15) is 0 Å². The maximum absolute atomic E-state index is 10.2. The van der Waals surface area contributed by atoms with Gasteiger partial charge in [0.1, 0.15) is 17.4 Å². The summed E-state index contributed by atoms with van der Waals surface area (Å²) in [6.07, 6.45) is 5.71. The highest BCUT2D eigenvalue weighted by Crippen LogP contribution is 2.21. The molecule has 22 heavy (non-hydrogen) atoms. The molecule has 2 heterocycles. The first-order valence-corrected chi connectivity index (χ1v) is 7.05. The minimum absolute atomic E-state index is 0.162. The molecule has 4 rings (SSSR count). The first-order chi connectivity index (χ1) is 10.8. The van der Waals surface area contributed by atoms with Gasteiger partial charge in [-0.05, 0) is 24.3 Å². The molecule has 106 valence electrons. The maximum Gasteiger partial charge on any atom is 0.309 e. The largest absolute Gasteiger partial charge is 0.502 e. The first-order valence-electron chi connectivity index (χ1n) is 7.05. The smallest absolute Gasteiger partial charge is 0.309 e. The Balaban J connectivity index is 1.82. The highest BCUT2D eigenvalue weighted by atomic mass is 16.3. The van der Waals surface area contributed by atoms with Crippen LogP contribution in [0.15, 0.2) is 79.4 Å². The molecule has 4 aromatic rings. The van der Waals surface area contributed by atoms with Crippen LogP contribution in [0.5, 0.6) is 5.75 Å². The number of nitrogens with zero attached hydrogens (tertiary/aromatic N) is 3. The van der Waals surface area contributed by atoms with E-state index in [2.05, 4.69) is 4.98 Å². The number of aromatic hydroxyl groups is 1. The molecular formula is C18H14N3O+. The fourth-order valence-electron chi connectivity index (χ4n) is 2.52. The Hall–Kier alpha value is -3.14. The summed E-state index contributed by atoms with van der Waals surface area (Å²) >= 11 is 0. The molecule has 0 atom stereocenters. The van der Waals surface area contributed by atoms with Crippen LogP contribution in [0.2, 0.25) is 0 Å². The summed E-state index contributed by atoms with van der Waals surface area (Å²) in [6.45, 7) is 0. The number of pyridine rings is 1. The third kappa shape index (κ3) is 2.11. The van der Waals surface area contributed by atoms with Gasteiger partial charge in [0.15, 0.2) is 12.1 Å². The van der Waals surface area contributed by atoms with Crippen LogP contribution in [-0.2, 0) is 0 Å². The zero-order valence-electron chi connectivity index (χ0n) is 11.8. The van der Waals surface area contributed by atoms with Gasteiger partial charge in [-0.25, -0.2) is 9.13 Å². The van der Waals surface area contributed by atoms with Gasteiger partial charge in [0.25, 0.3) is 0 Å². The normalized spacial score (nSPS) is 10.9. The number of hydrogen-bond acceptors (Lipinski definition) is 2. The van der Waals surface area contributed by atoms with E-state index in [0.717, 1.165) is 16.6 Å². The molecule has 0 unspecified atom stereocenters. The molecule has 2 aromatic carbocycles. The number of imidazole rings is 1. The predicted octanol–water partition coefficient (Wildman–Crippen LogP) is 3.01. The Morgan fingerprint density at radius 3 is 2.59 bits per heavy atom. The number of rotatable bonds is 2. The molecule has 0 saturated carbocycles. The van der Waals surface area contributed by atoms with E-state index in [1.807, 2.05) is 82.5 Å². The zero-order valence-corrected chi connectivity index (χ0v) is 11.8. The lowest BCUT2D eigenvalue weighted by atomic mass is 10.2. The van der Waals surface area contributed by atoms with Crippen LogP contribution >= 0.6 is 0 Å². The topological polar surface area (TPSA) is 41.9 Å². The van der Waals surface area contributed by atoms with Crippen LogP contribution in [0, 0.1) is 0 Å². The first kappa shape index (κ1) is 12.6. The quantitative estimate of drug-likeness (QED) is 0.576. The second-order valence-electron chi connectivity index (χ2n) is 5.09. The summed E-state index contributed by atoms with van der Waals surface area (Å²) in [6, 6.07) is 19.5. The van der Waals surface area contributed by atoms with Crippen LogP contribution < -0.4 is 4.57 Å². The van der Waals surface area contributed by atoms with E-state index in [1.54, 1.807) is 6.07 Å². The average Bonchev–Trinajstić information content (AvgIpc) is 3.05. The summed E-state index contributed by atoms with van der Waals surface area (Å²) in [7, 11) is 0. The lowest BCUT2D eigenvalue weighted by Crippen LogP contribution is -2.29. The van der Waals surface area contributed by atoms with Crippen LogP contribution in [0.3, 0.4) is 0 Å². The monoisotopic (exact) mass is 288 g/mol. The molecule has 0 aliphatic carbocycles. The van der Waals surface area contributed by atoms with Crippen molar-refractivity contribution in [2.24, 2.45) is 0 Å². The number of benzene rings is 2. The highest BCUT2D eigenvalue weighted by molar-refractivity contribution is 5.80. The summed E-state index contributed by atoms with van der Waals surface area (Å²) in [5.41, 5.74) is 1.91. The van der Waals surface area contributed by atoms with Gasteiger partial charge in [-0.3, -0.25) is 0 Å². The fraction of sp³-hybridized carbons (Fsp3) is 0. The van der Waals surface area contributed by atoms with Crippen molar-refractivity contribution in [1.82, 2.24) is 9.55 Å². The standard InChI is InChI=1S/C18H13N3O/c22-17-12-14-6-4-5-9-16(14)19-18(17)21-11-10-20(13-21)15-7-2-1-3-8-15/h1-13H/p+1. The van der Waals surface area contributed by atoms with E-state index < -0.39 is 0 Å². The Morgan fingerprint density at radius 2 is 1.73 bits per heavy atom. The van der Waals surface area contributed by atoms with Gasteiger partial charge in [-0.2, -0.15) is 0 Å². The van der Waals surface area contributed by atoms with Gasteiger partial charge in [0.05, 0.1) is 6.20 Å². The van der Waals surface area contributed by atoms with Crippen molar-refractivity contribution >= 4 is 10.9 Å². The maximum atomic E-state index is 10.2. The summed E-state index contributed by atoms with van der Waals surface area (Å²) in [5, 5.41) is 11.2. The number of hydrogen-bond donors (Lipinski definition) is 1. The summed E-state index contributed by atoms with van der Waals surface area (Å²) in [5.74, 6) is 0.683. The van der Waals surface area contributed by atoms with E-state index in [-0.39, 0.29) is 5.75 Å². The number of fused-ring (bicyclic) bond motifs is 1. The molecule has 1 N–H and O–H groups in total. The zero-order chi connectivity index (χ0) is 14.9. The molecule has 0 aliphatic rings. The van der Waals surface area contributed by atoms with Crippen LogP contribution in [0.4, 0.5) is 0 Å². The third-order valence-corrected chi connectivity index (χ3v) is 3.62. The number of aromatic nitrogens is 3. The van der Waals surface area contributed by atoms with E-state index in [9.17, 15) is 5.11 Å². The molecule has 0 radical (unpaired) electrons. The van der Waals surface area contributed by atoms with Crippen molar-refractivity contribution in [1.29, 1.82) is 0 Å². The molecule has 4 nitrogen and oxygen atoms in total. The van der Waals surface area contributed by atoms with Crippen LogP contribution in [0.25, 0.3) is 22.4 Å². The Labute approximate surface area is 127 Å². The summed E-state index contributed by atoms with van der Waals surface area (Å²) < 4.78 is 3.80.